The van der Waals surface area contributed by atoms with Crippen molar-refractivity contribution in [2.24, 2.45) is 0 Å². The Morgan fingerprint density at radius 3 is 1.55 bits per heavy atom. The summed E-state index contributed by atoms with van der Waals surface area (Å²) in [7, 11) is 0. The molecule has 1 saturated heterocycles. The van der Waals surface area contributed by atoms with Crippen LogP contribution in [0, 0.1) is 0 Å². The quantitative estimate of drug-likeness (QED) is 0.369. The van der Waals surface area contributed by atoms with Gasteiger partial charge in [0.25, 0.3) is 11.8 Å². The van der Waals surface area contributed by atoms with Gasteiger partial charge < -0.3 is 29.6 Å². The molecule has 184 valence electrons. The summed E-state index contributed by atoms with van der Waals surface area (Å²) >= 11 is 2.77. The number of hydrogen-bond acceptors (Lipinski definition) is 10. The molecule has 0 spiro atoms. The number of fused-ring (bicyclic) bond motifs is 1. The van der Waals surface area contributed by atoms with E-state index in [1.165, 1.54) is 23.5 Å². The van der Waals surface area contributed by atoms with E-state index in [2.05, 4.69) is 10.6 Å². The first-order chi connectivity index (χ1) is 15.9. The Bertz CT molecular complexity index is 761. The zero-order valence-corrected chi connectivity index (χ0v) is 20.8. The fourth-order valence-electron chi connectivity index (χ4n) is 3.22. The Morgan fingerprint density at radius 1 is 0.818 bits per heavy atom. The van der Waals surface area contributed by atoms with Crippen LogP contribution in [0.3, 0.4) is 0 Å². The lowest BCUT2D eigenvalue weighted by molar-refractivity contribution is -0.146. The molecule has 0 aromatic rings. The van der Waals surface area contributed by atoms with Crippen LogP contribution in [0.15, 0.2) is 22.7 Å². The largest absolute Gasteiger partial charge is 0.486 e. The minimum absolute atomic E-state index is 0.0635. The Labute approximate surface area is 201 Å². The third-order valence-corrected chi connectivity index (χ3v) is 5.99. The molecule has 10 nitrogen and oxygen atoms in total. The van der Waals surface area contributed by atoms with Crippen LogP contribution in [0.25, 0.3) is 0 Å². The van der Waals surface area contributed by atoms with Gasteiger partial charge in [-0.1, -0.05) is 0 Å². The van der Waals surface area contributed by atoms with E-state index in [0.29, 0.717) is 11.5 Å². The molecule has 0 aromatic heterocycles. The van der Waals surface area contributed by atoms with Gasteiger partial charge in [-0.2, -0.15) is 23.5 Å². The average Bonchev–Trinajstić information content (AvgIpc) is 3.19. The molecular formula is C21H30N2O8S2. The summed E-state index contributed by atoms with van der Waals surface area (Å²) in [5.41, 5.74) is 0.366. The van der Waals surface area contributed by atoms with Crippen LogP contribution in [0.5, 0.6) is 0 Å². The van der Waals surface area contributed by atoms with E-state index in [4.69, 9.17) is 18.9 Å². The molecule has 1 heterocycles. The lowest BCUT2D eigenvalue weighted by Crippen LogP contribution is -2.45. The summed E-state index contributed by atoms with van der Waals surface area (Å²) < 4.78 is 21.4. The number of nitrogens with one attached hydrogen (secondary N) is 2. The summed E-state index contributed by atoms with van der Waals surface area (Å²) in [6, 6.07) is -1.69. The first-order valence-corrected chi connectivity index (χ1v) is 13.3. The minimum atomic E-state index is -0.846. The predicted molar refractivity (Wildman–Crippen MR) is 124 cm³/mol. The Balaban J connectivity index is 2.19. The van der Waals surface area contributed by atoms with Crippen molar-refractivity contribution in [3.8, 4) is 0 Å². The summed E-state index contributed by atoms with van der Waals surface area (Å²) in [6.07, 6.45) is 3.56. The normalized spacial score (nSPS) is 16.7. The fourth-order valence-corrected chi connectivity index (χ4v) is 4.32. The molecular weight excluding hydrogens is 472 g/mol. The monoisotopic (exact) mass is 502 g/mol. The van der Waals surface area contributed by atoms with Crippen LogP contribution in [-0.4, -0.2) is 86.3 Å². The van der Waals surface area contributed by atoms with Gasteiger partial charge in [0.15, 0.2) is 11.5 Å². The number of ether oxygens (including phenoxy) is 4. The van der Waals surface area contributed by atoms with E-state index in [0.717, 1.165) is 0 Å². The Kier molecular flexibility index (Phi) is 10.9. The van der Waals surface area contributed by atoms with Crippen molar-refractivity contribution in [2.45, 2.75) is 32.4 Å². The molecule has 0 aromatic carbocycles. The molecule has 12 heteroatoms. The van der Waals surface area contributed by atoms with Gasteiger partial charge in [0.1, 0.15) is 25.3 Å². The summed E-state index contributed by atoms with van der Waals surface area (Å²) in [6.45, 7) is 4.19. The van der Waals surface area contributed by atoms with Crippen molar-refractivity contribution in [1.29, 1.82) is 0 Å². The van der Waals surface area contributed by atoms with E-state index in [1.54, 1.807) is 13.8 Å². The van der Waals surface area contributed by atoms with Gasteiger partial charge in [0.2, 0.25) is 0 Å². The van der Waals surface area contributed by atoms with Crippen LogP contribution in [0.2, 0.25) is 0 Å². The van der Waals surface area contributed by atoms with E-state index < -0.39 is 35.8 Å². The maximum atomic E-state index is 13.0. The van der Waals surface area contributed by atoms with Crippen molar-refractivity contribution in [3.05, 3.63) is 22.7 Å². The second-order valence-corrected chi connectivity index (χ2v) is 8.78. The number of carbonyl (C=O) groups is 4. The van der Waals surface area contributed by atoms with Crippen LogP contribution in [-0.2, 0) is 38.1 Å². The topological polar surface area (TPSA) is 129 Å². The number of carbonyl (C=O) groups excluding carboxylic acids is 4. The number of rotatable bonds is 12. The predicted octanol–water partition coefficient (Wildman–Crippen LogP) is 0.767. The van der Waals surface area contributed by atoms with Crippen LogP contribution in [0.1, 0.15) is 20.3 Å². The van der Waals surface area contributed by atoms with Crippen molar-refractivity contribution in [3.63, 3.8) is 0 Å². The zero-order valence-electron chi connectivity index (χ0n) is 19.2. The summed E-state index contributed by atoms with van der Waals surface area (Å²) in [5, 5.41) is 5.34. The maximum absolute atomic E-state index is 13.0. The van der Waals surface area contributed by atoms with Crippen LogP contribution < -0.4 is 10.6 Å². The molecule has 1 aliphatic heterocycles. The lowest BCUT2D eigenvalue weighted by Gasteiger charge is -2.21. The molecule has 0 saturated carbocycles. The van der Waals surface area contributed by atoms with Gasteiger partial charge in [-0.25, -0.2) is 9.59 Å². The molecule has 2 atom stereocenters. The molecule has 33 heavy (non-hydrogen) atoms. The Hall–Kier alpha value is -2.34. The number of thioether (sulfide) groups is 2. The van der Waals surface area contributed by atoms with E-state index in [1.807, 2.05) is 12.5 Å². The molecule has 1 aliphatic carbocycles. The molecule has 1 fully saturated rings. The lowest BCUT2D eigenvalue weighted by atomic mass is 10.1. The van der Waals surface area contributed by atoms with Gasteiger partial charge in [-0.3, -0.25) is 9.59 Å². The molecule has 2 N–H and O–H groups in total. The average molecular weight is 503 g/mol. The summed E-state index contributed by atoms with van der Waals surface area (Å²) in [5.74, 6) is -1.16. The molecule has 2 unspecified atom stereocenters. The van der Waals surface area contributed by atoms with Crippen molar-refractivity contribution >= 4 is 47.3 Å². The van der Waals surface area contributed by atoms with E-state index >= 15 is 0 Å². The molecule has 2 aliphatic rings. The van der Waals surface area contributed by atoms with E-state index in [9.17, 15) is 19.2 Å². The highest BCUT2D eigenvalue weighted by atomic mass is 32.2. The van der Waals surface area contributed by atoms with Crippen LogP contribution >= 0.6 is 23.5 Å². The molecule has 0 radical (unpaired) electrons. The first kappa shape index (κ1) is 26.9. The third-order valence-electron chi connectivity index (χ3n) is 4.65. The maximum Gasteiger partial charge on any atom is 0.329 e. The smallest absolute Gasteiger partial charge is 0.329 e. The Morgan fingerprint density at radius 2 is 1.21 bits per heavy atom. The number of hydrogen-bond donors (Lipinski definition) is 2. The second kappa shape index (κ2) is 13.4. The highest BCUT2D eigenvalue weighted by molar-refractivity contribution is 7.98. The second-order valence-electron chi connectivity index (χ2n) is 6.96. The first-order valence-electron chi connectivity index (χ1n) is 10.5. The van der Waals surface area contributed by atoms with Gasteiger partial charge in [-0.15, -0.1) is 0 Å². The van der Waals surface area contributed by atoms with Gasteiger partial charge in [-0.05, 0) is 26.4 Å². The number of amides is 2. The third kappa shape index (κ3) is 7.07. The SMILES string of the molecule is CCOC(=O)C(CSC)NC(=O)C1=C2OCCOC2=C(C(=O)NC(CSC)C(=O)OCC)C1. The standard InChI is InChI=1S/C21H30N2O8S2/c1-5-28-20(26)14(10-32-3)22-18(24)12-9-13(17-16(12)30-7-8-31-17)19(25)23-15(11-33-4)21(27)29-6-2/h14-15H,5-11H2,1-4H3,(H,22,24)(H,23,25). The van der Waals surface area contributed by atoms with Crippen molar-refractivity contribution < 1.29 is 38.1 Å². The van der Waals surface area contributed by atoms with Gasteiger partial charge in [0.05, 0.1) is 24.4 Å². The highest BCUT2D eigenvalue weighted by Crippen LogP contribution is 2.36. The zero-order chi connectivity index (χ0) is 24.4. The minimum Gasteiger partial charge on any atom is -0.486 e. The number of esters is 2. The van der Waals surface area contributed by atoms with Crippen molar-refractivity contribution in [1.82, 2.24) is 10.6 Å². The van der Waals surface area contributed by atoms with Crippen LogP contribution in [0.4, 0.5) is 0 Å². The van der Waals surface area contributed by atoms with E-state index in [-0.39, 0.29) is 55.5 Å². The fraction of sp³-hybridized carbons (Fsp3) is 0.619. The van der Waals surface area contributed by atoms with Gasteiger partial charge >= 0.3 is 11.9 Å². The molecule has 2 amide bonds. The van der Waals surface area contributed by atoms with Gasteiger partial charge in [0, 0.05) is 17.9 Å². The highest BCUT2D eigenvalue weighted by Gasteiger charge is 2.38. The van der Waals surface area contributed by atoms with Crippen molar-refractivity contribution in [2.75, 3.05) is 50.4 Å². The summed E-state index contributed by atoms with van der Waals surface area (Å²) in [4.78, 5) is 50.4. The molecule has 2 rings (SSSR count). The molecule has 0 bridgehead atoms.